The third kappa shape index (κ3) is 2.96. The number of nitriles is 1. The molecule has 1 rings (SSSR count). The quantitative estimate of drug-likeness (QED) is 0.811. The van der Waals surface area contributed by atoms with Crippen LogP contribution in [0.5, 0.6) is 0 Å². The summed E-state index contributed by atoms with van der Waals surface area (Å²) in [4.78, 5) is 10.6. The largest absolute Gasteiger partial charge is 0.480 e. The highest BCUT2D eigenvalue weighted by molar-refractivity contribution is 5.73. The van der Waals surface area contributed by atoms with Crippen molar-refractivity contribution in [3.8, 4) is 6.07 Å². The summed E-state index contributed by atoms with van der Waals surface area (Å²) in [5.41, 5.74) is 1.82. The van der Waals surface area contributed by atoms with Crippen LogP contribution in [-0.2, 0) is 11.2 Å². The van der Waals surface area contributed by atoms with Gasteiger partial charge in [0.05, 0.1) is 6.07 Å². The molecule has 3 nitrogen and oxygen atoms in total. The van der Waals surface area contributed by atoms with Gasteiger partial charge in [0.2, 0.25) is 0 Å². The number of aliphatic carboxylic acids is 1. The Labute approximate surface area is 88.3 Å². The zero-order valence-corrected chi connectivity index (χ0v) is 8.18. The Balaban J connectivity index is 2.77. The number of hydrogen-bond donors (Lipinski definition) is 1. The van der Waals surface area contributed by atoms with Crippen LogP contribution in [0.1, 0.15) is 11.1 Å². The molecule has 0 aliphatic heterocycles. The van der Waals surface area contributed by atoms with Crippen molar-refractivity contribution in [1.29, 1.82) is 5.26 Å². The maximum atomic E-state index is 10.6. The van der Waals surface area contributed by atoms with E-state index in [1.807, 2.05) is 24.3 Å². The van der Waals surface area contributed by atoms with Crippen LogP contribution in [0, 0.1) is 17.2 Å². The van der Waals surface area contributed by atoms with E-state index in [0.29, 0.717) is 0 Å². The van der Waals surface area contributed by atoms with Crippen LogP contribution in [0.3, 0.4) is 0 Å². The number of carbonyl (C=O) groups is 1. The van der Waals surface area contributed by atoms with Crippen molar-refractivity contribution in [1.82, 2.24) is 0 Å². The van der Waals surface area contributed by atoms with Gasteiger partial charge >= 0.3 is 5.97 Å². The van der Waals surface area contributed by atoms with E-state index in [1.165, 1.54) is 0 Å². The normalized spacial score (nSPS) is 11.4. The first-order valence-electron chi connectivity index (χ1n) is 4.51. The van der Waals surface area contributed by atoms with Gasteiger partial charge in [-0.3, -0.25) is 4.79 Å². The summed E-state index contributed by atoms with van der Waals surface area (Å²) in [6.45, 7) is 3.62. The van der Waals surface area contributed by atoms with Gasteiger partial charge in [-0.15, -0.1) is 0 Å². The summed E-state index contributed by atoms with van der Waals surface area (Å²) < 4.78 is 0. The lowest BCUT2D eigenvalue weighted by atomic mass is 10.00. The average Bonchev–Trinajstić information content (AvgIpc) is 2.26. The predicted molar refractivity (Wildman–Crippen MR) is 57.0 cm³/mol. The molecule has 3 heteroatoms. The molecule has 15 heavy (non-hydrogen) atoms. The fourth-order valence-electron chi connectivity index (χ4n) is 1.21. The molecule has 0 heterocycles. The highest BCUT2D eigenvalue weighted by Gasteiger charge is 2.16. The topological polar surface area (TPSA) is 61.1 Å². The van der Waals surface area contributed by atoms with Crippen LogP contribution >= 0.6 is 0 Å². The zero-order chi connectivity index (χ0) is 11.3. The molecule has 0 fully saturated rings. The van der Waals surface area contributed by atoms with Gasteiger partial charge in [-0.05, 0) is 17.5 Å². The van der Waals surface area contributed by atoms with E-state index in [0.717, 1.165) is 11.1 Å². The molecule has 0 aromatic heterocycles. The fraction of sp³-hybridized carbons (Fsp3) is 0.167. The summed E-state index contributed by atoms with van der Waals surface area (Å²) in [6.07, 6.45) is 1.95. The number of carboxylic acids is 1. The first-order valence-corrected chi connectivity index (χ1v) is 4.51. The van der Waals surface area contributed by atoms with E-state index in [4.69, 9.17) is 10.4 Å². The van der Waals surface area contributed by atoms with Crippen molar-refractivity contribution in [2.24, 2.45) is 5.92 Å². The molecule has 0 aliphatic rings. The second-order valence-electron chi connectivity index (χ2n) is 3.17. The van der Waals surface area contributed by atoms with E-state index in [2.05, 4.69) is 6.58 Å². The van der Waals surface area contributed by atoms with E-state index >= 15 is 0 Å². The summed E-state index contributed by atoms with van der Waals surface area (Å²) in [5, 5.41) is 17.3. The molecule has 76 valence electrons. The van der Waals surface area contributed by atoms with Gasteiger partial charge in [-0.2, -0.15) is 5.26 Å². The smallest absolute Gasteiger partial charge is 0.321 e. The van der Waals surface area contributed by atoms with Crippen LogP contribution in [0.15, 0.2) is 30.8 Å². The first kappa shape index (κ1) is 11.0. The van der Waals surface area contributed by atoms with Gasteiger partial charge in [-0.25, -0.2) is 0 Å². The standard InChI is InChI=1S/C12H11NO2/c1-2-9-3-5-10(6-4-9)7-11(8-13)12(14)15/h2-6,11H,1,7H2,(H,14,15). The van der Waals surface area contributed by atoms with Crippen LogP contribution < -0.4 is 0 Å². The summed E-state index contributed by atoms with van der Waals surface area (Å²) in [5.74, 6) is -2.05. The molecule has 0 saturated carbocycles. The molecular formula is C12H11NO2. The Kier molecular flexibility index (Phi) is 3.64. The molecule has 0 bridgehead atoms. The molecule has 0 saturated heterocycles. The molecule has 1 atom stereocenters. The lowest BCUT2D eigenvalue weighted by Crippen LogP contribution is -2.14. The van der Waals surface area contributed by atoms with E-state index in [9.17, 15) is 4.79 Å². The summed E-state index contributed by atoms with van der Waals surface area (Å²) in [6, 6.07) is 9.07. The van der Waals surface area contributed by atoms with E-state index < -0.39 is 11.9 Å². The first-order chi connectivity index (χ1) is 7.17. The van der Waals surface area contributed by atoms with Crippen LogP contribution in [0.4, 0.5) is 0 Å². The van der Waals surface area contributed by atoms with Gasteiger partial charge in [0.15, 0.2) is 0 Å². The molecule has 0 aliphatic carbocycles. The van der Waals surface area contributed by atoms with Crippen LogP contribution in [0.2, 0.25) is 0 Å². The Bertz CT molecular complexity index is 401. The van der Waals surface area contributed by atoms with Crippen molar-refractivity contribution in [3.63, 3.8) is 0 Å². The third-order valence-electron chi connectivity index (χ3n) is 2.11. The Hall–Kier alpha value is -2.08. The second kappa shape index (κ2) is 4.97. The van der Waals surface area contributed by atoms with Gasteiger partial charge < -0.3 is 5.11 Å². The zero-order valence-electron chi connectivity index (χ0n) is 8.18. The van der Waals surface area contributed by atoms with Crippen molar-refractivity contribution < 1.29 is 9.90 Å². The van der Waals surface area contributed by atoms with Gasteiger partial charge in [0.1, 0.15) is 5.92 Å². The average molecular weight is 201 g/mol. The van der Waals surface area contributed by atoms with Gasteiger partial charge in [0.25, 0.3) is 0 Å². The second-order valence-corrected chi connectivity index (χ2v) is 3.17. The highest BCUT2D eigenvalue weighted by atomic mass is 16.4. The lowest BCUT2D eigenvalue weighted by molar-refractivity contribution is -0.139. The number of nitrogens with zero attached hydrogens (tertiary/aromatic N) is 1. The number of hydrogen-bond acceptors (Lipinski definition) is 2. The summed E-state index contributed by atoms with van der Waals surface area (Å²) >= 11 is 0. The predicted octanol–water partition coefficient (Wildman–Crippen LogP) is 2.10. The molecule has 0 spiro atoms. The van der Waals surface area contributed by atoms with Crippen molar-refractivity contribution >= 4 is 12.0 Å². The third-order valence-corrected chi connectivity index (χ3v) is 2.11. The number of rotatable bonds is 4. The fourth-order valence-corrected chi connectivity index (χ4v) is 1.21. The molecular weight excluding hydrogens is 190 g/mol. The van der Waals surface area contributed by atoms with Crippen molar-refractivity contribution in [2.45, 2.75) is 6.42 Å². The highest BCUT2D eigenvalue weighted by Crippen LogP contribution is 2.10. The SMILES string of the molecule is C=Cc1ccc(CC(C#N)C(=O)O)cc1. The Morgan fingerprint density at radius 2 is 2.13 bits per heavy atom. The Morgan fingerprint density at radius 1 is 1.53 bits per heavy atom. The molecule has 0 radical (unpaired) electrons. The maximum Gasteiger partial charge on any atom is 0.321 e. The van der Waals surface area contributed by atoms with Gasteiger partial charge in [0, 0.05) is 0 Å². The molecule has 1 unspecified atom stereocenters. The van der Waals surface area contributed by atoms with Crippen molar-refractivity contribution in [2.75, 3.05) is 0 Å². The number of carboxylic acid groups (broad SMARTS) is 1. The van der Waals surface area contributed by atoms with Gasteiger partial charge in [-0.1, -0.05) is 36.9 Å². The van der Waals surface area contributed by atoms with E-state index in [-0.39, 0.29) is 6.42 Å². The maximum absolute atomic E-state index is 10.6. The molecule has 1 aromatic rings. The monoisotopic (exact) mass is 201 g/mol. The molecule has 0 amide bonds. The molecule has 1 aromatic carbocycles. The number of benzene rings is 1. The van der Waals surface area contributed by atoms with Crippen molar-refractivity contribution in [3.05, 3.63) is 42.0 Å². The minimum absolute atomic E-state index is 0.239. The van der Waals surface area contributed by atoms with Crippen LogP contribution in [0.25, 0.3) is 6.08 Å². The summed E-state index contributed by atoms with van der Waals surface area (Å²) in [7, 11) is 0. The van der Waals surface area contributed by atoms with E-state index in [1.54, 1.807) is 12.1 Å². The minimum atomic E-state index is -1.08. The van der Waals surface area contributed by atoms with Crippen LogP contribution in [-0.4, -0.2) is 11.1 Å². The molecule has 1 N–H and O–H groups in total. The lowest BCUT2D eigenvalue weighted by Gasteiger charge is -2.04. The minimum Gasteiger partial charge on any atom is -0.480 e. The Morgan fingerprint density at radius 3 is 2.53 bits per heavy atom.